The molecule has 27 heavy (non-hydrogen) atoms. The molecule has 0 atom stereocenters. The predicted molar refractivity (Wildman–Crippen MR) is 115 cm³/mol. The van der Waals surface area contributed by atoms with Crippen LogP contribution in [0.3, 0.4) is 0 Å². The Kier molecular flexibility index (Phi) is 8.00. The maximum atomic E-state index is 8.88. The van der Waals surface area contributed by atoms with Gasteiger partial charge in [-0.1, -0.05) is 82.6 Å². The second kappa shape index (κ2) is 10.7. The Labute approximate surface area is 166 Å². The van der Waals surface area contributed by atoms with Gasteiger partial charge in [0.1, 0.15) is 0 Å². The van der Waals surface area contributed by atoms with Crippen molar-refractivity contribution in [2.24, 2.45) is 23.7 Å². The Balaban J connectivity index is 1.33. The zero-order valence-corrected chi connectivity index (χ0v) is 17.2. The molecule has 2 fully saturated rings. The minimum atomic E-state index is 0.742. The van der Waals surface area contributed by atoms with E-state index in [-0.39, 0.29) is 0 Å². The minimum absolute atomic E-state index is 0.742. The van der Waals surface area contributed by atoms with Crippen molar-refractivity contribution in [3.05, 3.63) is 41.5 Å². The first-order chi connectivity index (χ1) is 13.3. The molecule has 0 saturated heterocycles. The van der Waals surface area contributed by atoms with Crippen molar-refractivity contribution in [3.8, 4) is 6.07 Å². The van der Waals surface area contributed by atoms with Crippen LogP contribution < -0.4 is 0 Å². The van der Waals surface area contributed by atoms with E-state index in [0.717, 1.165) is 29.2 Å². The van der Waals surface area contributed by atoms with Gasteiger partial charge in [0.2, 0.25) is 0 Å². The Bertz CT molecular complexity index is 605. The third kappa shape index (κ3) is 6.53. The molecule has 1 aromatic carbocycles. The zero-order valence-electron chi connectivity index (χ0n) is 17.2. The maximum absolute atomic E-state index is 8.88. The third-order valence-electron chi connectivity index (χ3n) is 7.14. The average molecular weight is 364 g/mol. The van der Waals surface area contributed by atoms with E-state index in [9.17, 15) is 0 Å². The molecule has 2 saturated carbocycles. The normalized spacial score (nSPS) is 28.9. The summed E-state index contributed by atoms with van der Waals surface area (Å²) >= 11 is 0. The fourth-order valence-corrected chi connectivity index (χ4v) is 5.27. The van der Waals surface area contributed by atoms with Crippen LogP contribution in [0.5, 0.6) is 0 Å². The van der Waals surface area contributed by atoms with Gasteiger partial charge in [-0.05, 0) is 67.1 Å². The number of hydrogen-bond donors (Lipinski definition) is 0. The molecule has 0 unspecified atom stereocenters. The average Bonchev–Trinajstić information content (AvgIpc) is 2.73. The third-order valence-corrected chi connectivity index (χ3v) is 7.14. The van der Waals surface area contributed by atoms with E-state index in [1.807, 2.05) is 12.1 Å². The standard InChI is InChI=1S/C26H37N/c1-2-3-21-4-6-22(7-5-21)8-9-23-10-12-24(13-11-23)14-15-25-16-18-26(20-27)19-17-25/h14-19,21-24H,2-13H2,1H3/b15-14+/t21-,22-,23-,24-. The molecule has 0 radical (unpaired) electrons. The quantitative estimate of drug-likeness (QED) is 0.485. The second-order valence-electron chi connectivity index (χ2n) is 9.13. The van der Waals surface area contributed by atoms with Crippen LogP contribution in [0, 0.1) is 35.0 Å². The van der Waals surface area contributed by atoms with Crippen LogP contribution in [-0.2, 0) is 0 Å². The number of allylic oxidation sites excluding steroid dienone is 1. The first kappa shape index (κ1) is 20.2. The van der Waals surface area contributed by atoms with Gasteiger partial charge >= 0.3 is 0 Å². The van der Waals surface area contributed by atoms with Gasteiger partial charge in [-0.25, -0.2) is 0 Å². The van der Waals surface area contributed by atoms with Crippen molar-refractivity contribution in [2.45, 2.75) is 84.0 Å². The summed E-state index contributed by atoms with van der Waals surface area (Å²) in [6.45, 7) is 2.34. The number of nitriles is 1. The molecule has 1 aromatic rings. The molecule has 0 bridgehead atoms. The fraction of sp³-hybridized carbons (Fsp3) is 0.654. The molecule has 1 nitrogen and oxygen atoms in total. The van der Waals surface area contributed by atoms with Crippen molar-refractivity contribution in [3.63, 3.8) is 0 Å². The summed E-state index contributed by atoms with van der Waals surface area (Å²) in [6.07, 6.45) is 22.1. The summed E-state index contributed by atoms with van der Waals surface area (Å²) in [5.41, 5.74) is 1.96. The molecule has 2 aliphatic rings. The van der Waals surface area contributed by atoms with E-state index in [1.54, 1.807) is 0 Å². The Morgan fingerprint density at radius 1 is 0.815 bits per heavy atom. The molecule has 0 amide bonds. The van der Waals surface area contributed by atoms with E-state index >= 15 is 0 Å². The second-order valence-corrected chi connectivity index (χ2v) is 9.13. The lowest BCUT2D eigenvalue weighted by molar-refractivity contribution is 0.221. The van der Waals surface area contributed by atoms with E-state index in [1.165, 1.54) is 82.6 Å². The van der Waals surface area contributed by atoms with Crippen LogP contribution in [0.2, 0.25) is 0 Å². The van der Waals surface area contributed by atoms with Crippen LogP contribution in [0.15, 0.2) is 30.3 Å². The Morgan fingerprint density at radius 3 is 1.85 bits per heavy atom. The first-order valence-corrected chi connectivity index (χ1v) is 11.4. The SMILES string of the molecule is CCC[C@H]1CC[C@H](CC[C@H]2CC[C@H](/C=C/c3ccc(C#N)cc3)CC2)CC1. The summed E-state index contributed by atoms with van der Waals surface area (Å²) in [7, 11) is 0. The summed E-state index contributed by atoms with van der Waals surface area (Å²) < 4.78 is 0. The van der Waals surface area contributed by atoms with Crippen molar-refractivity contribution in [1.82, 2.24) is 0 Å². The molecule has 146 valence electrons. The van der Waals surface area contributed by atoms with E-state index in [2.05, 4.69) is 37.3 Å². The molecule has 0 aromatic heterocycles. The molecule has 0 N–H and O–H groups in total. The minimum Gasteiger partial charge on any atom is -0.192 e. The van der Waals surface area contributed by atoms with Gasteiger partial charge in [-0.2, -0.15) is 5.26 Å². The van der Waals surface area contributed by atoms with Gasteiger partial charge < -0.3 is 0 Å². The lowest BCUT2D eigenvalue weighted by Crippen LogP contribution is -2.17. The predicted octanol–water partition coefficient (Wildman–Crippen LogP) is 7.76. The molecular weight excluding hydrogens is 326 g/mol. The monoisotopic (exact) mass is 363 g/mol. The molecular formula is C26H37N. The van der Waals surface area contributed by atoms with Crippen molar-refractivity contribution >= 4 is 6.08 Å². The molecule has 0 spiro atoms. The highest BCUT2D eigenvalue weighted by atomic mass is 14.3. The van der Waals surface area contributed by atoms with Gasteiger partial charge in [0.05, 0.1) is 11.6 Å². The smallest absolute Gasteiger partial charge is 0.0991 e. The van der Waals surface area contributed by atoms with Crippen molar-refractivity contribution < 1.29 is 0 Å². The number of rotatable bonds is 7. The van der Waals surface area contributed by atoms with Crippen LogP contribution in [0.1, 0.15) is 95.1 Å². The Morgan fingerprint density at radius 2 is 1.33 bits per heavy atom. The first-order valence-electron chi connectivity index (χ1n) is 11.4. The lowest BCUT2D eigenvalue weighted by atomic mass is 9.75. The zero-order chi connectivity index (χ0) is 18.9. The molecule has 0 aliphatic heterocycles. The number of nitrogens with zero attached hydrogens (tertiary/aromatic N) is 1. The highest BCUT2D eigenvalue weighted by Gasteiger charge is 2.23. The van der Waals surface area contributed by atoms with Gasteiger partial charge in [-0.3, -0.25) is 0 Å². The van der Waals surface area contributed by atoms with Gasteiger partial charge in [-0.15, -0.1) is 0 Å². The molecule has 3 rings (SSSR count). The molecule has 0 heterocycles. The van der Waals surface area contributed by atoms with Crippen molar-refractivity contribution in [1.29, 1.82) is 5.26 Å². The van der Waals surface area contributed by atoms with Gasteiger partial charge in [0, 0.05) is 0 Å². The van der Waals surface area contributed by atoms with Crippen LogP contribution in [-0.4, -0.2) is 0 Å². The summed E-state index contributed by atoms with van der Waals surface area (Å²) in [5.74, 6) is 3.82. The lowest BCUT2D eigenvalue weighted by Gasteiger charge is -2.31. The molecule has 2 aliphatic carbocycles. The van der Waals surface area contributed by atoms with Gasteiger partial charge in [0.15, 0.2) is 0 Å². The summed E-state index contributed by atoms with van der Waals surface area (Å²) in [5, 5.41) is 8.88. The molecule has 1 heteroatoms. The largest absolute Gasteiger partial charge is 0.192 e. The van der Waals surface area contributed by atoms with Crippen LogP contribution in [0.25, 0.3) is 6.08 Å². The van der Waals surface area contributed by atoms with Crippen LogP contribution >= 0.6 is 0 Å². The maximum Gasteiger partial charge on any atom is 0.0991 e. The highest BCUT2D eigenvalue weighted by molar-refractivity contribution is 5.51. The van der Waals surface area contributed by atoms with Gasteiger partial charge in [0.25, 0.3) is 0 Å². The fourth-order valence-electron chi connectivity index (χ4n) is 5.27. The number of hydrogen-bond acceptors (Lipinski definition) is 1. The van der Waals surface area contributed by atoms with Crippen molar-refractivity contribution in [2.75, 3.05) is 0 Å². The summed E-state index contributed by atoms with van der Waals surface area (Å²) in [4.78, 5) is 0. The highest BCUT2D eigenvalue weighted by Crippen LogP contribution is 2.37. The van der Waals surface area contributed by atoms with E-state index in [0.29, 0.717) is 0 Å². The van der Waals surface area contributed by atoms with Crippen LogP contribution in [0.4, 0.5) is 0 Å². The number of benzene rings is 1. The summed E-state index contributed by atoms with van der Waals surface area (Å²) in [6, 6.07) is 10.1. The van der Waals surface area contributed by atoms with E-state index in [4.69, 9.17) is 5.26 Å². The van der Waals surface area contributed by atoms with E-state index < -0.39 is 0 Å². The Hall–Kier alpha value is -1.55. The topological polar surface area (TPSA) is 23.8 Å².